The molecule has 1 atom stereocenters. The van der Waals surface area contributed by atoms with Crippen molar-refractivity contribution < 1.29 is 14.3 Å². The number of carbonyl (C=O) groups excluding carboxylic acids is 2. The Morgan fingerprint density at radius 3 is 2.36 bits per heavy atom. The van der Waals surface area contributed by atoms with Crippen LogP contribution in [0.4, 0.5) is 0 Å². The van der Waals surface area contributed by atoms with Crippen molar-refractivity contribution in [3.8, 4) is 0 Å². The molecule has 0 aliphatic heterocycles. The van der Waals surface area contributed by atoms with E-state index in [0.717, 1.165) is 5.56 Å². The zero-order valence-corrected chi connectivity index (χ0v) is 13.1. The van der Waals surface area contributed by atoms with Gasteiger partial charge < -0.3 is 10.1 Å². The number of benzene rings is 2. The summed E-state index contributed by atoms with van der Waals surface area (Å²) < 4.78 is 4.65. The number of carbonyl (C=O) groups is 2. The number of hydrogen-bond donors (Lipinski definition) is 1. The van der Waals surface area contributed by atoms with Crippen LogP contribution in [0, 0.1) is 0 Å². The van der Waals surface area contributed by atoms with E-state index in [1.807, 2.05) is 37.3 Å². The van der Waals surface area contributed by atoms with Crippen molar-refractivity contribution in [3.63, 3.8) is 0 Å². The summed E-state index contributed by atoms with van der Waals surface area (Å²) in [6.45, 7) is 1.89. The van der Waals surface area contributed by atoms with E-state index in [2.05, 4.69) is 10.1 Å². The number of amides is 1. The van der Waals surface area contributed by atoms with Gasteiger partial charge in [-0.3, -0.25) is 4.79 Å². The van der Waals surface area contributed by atoms with Crippen LogP contribution in [0.1, 0.15) is 39.2 Å². The normalized spacial score (nSPS) is 11.6. The molecule has 0 saturated carbocycles. The van der Waals surface area contributed by atoms with Crippen LogP contribution >= 0.6 is 11.6 Å². The Morgan fingerprint density at radius 2 is 1.73 bits per heavy atom. The third-order valence-corrected chi connectivity index (χ3v) is 3.45. The van der Waals surface area contributed by atoms with E-state index in [4.69, 9.17) is 11.6 Å². The largest absolute Gasteiger partial charge is 0.465 e. The molecule has 0 fully saturated rings. The number of rotatable bonds is 4. The molecule has 2 aromatic rings. The lowest BCUT2D eigenvalue weighted by atomic mass is 10.1. The first-order chi connectivity index (χ1) is 10.5. The zero-order chi connectivity index (χ0) is 16.1. The second-order valence-electron chi connectivity index (χ2n) is 4.83. The van der Waals surface area contributed by atoms with Gasteiger partial charge in [0.2, 0.25) is 0 Å². The summed E-state index contributed by atoms with van der Waals surface area (Å²) in [7, 11) is 1.28. The Labute approximate surface area is 134 Å². The third kappa shape index (κ3) is 3.86. The number of nitrogens with one attached hydrogen (secondary N) is 1. The lowest BCUT2D eigenvalue weighted by molar-refractivity contribution is 0.0600. The highest BCUT2D eigenvalue weighted by molar-refractivity contribution is 6.31. The van der Waals surface area contributed by atoms with Crippen LogP contribution in [0.3, 0.4) is 0 Å². The first-order valence-electron chi connectivity index (χ1n) is 6.76. The lowest BCUT2D eigenvalue weighted by Gasteiger charge is -2.14. The molecule has 4 nitrogen and oxygen atoms in total. The molecule has 1 amide bonds. The molecule has 0 spiro atoms. The van der Waals surface area contributed by atoms with Gasteiger partial charge in [-0.2, -0.15) is 0 Å². The molecule has 22 heavy (non-hydrogen) atoms. The predicted molar refractivity (Wildman–Crippen MR) is 85.1 cm³/mol. The van der Waals surface area contributed by atoms with Crippen molar-refractivity contribution in [2.45, 2.75) is 13.0 Å². The summed E-state index contributed by atoms with van der Waals surface area (Å²) in [5.74, 6) is -0.836. The van der Waals surface area contributed by atoms with Crippen LogP contribution in [0.5, 0.6) is 0 Å². The van der Waals surface area contributed by atoms with Crippen molar-refractivity contribution in [1.82, 2.24) is 5.32 Å². The molecule has 0 heterocycles. The topological polar surface area (TPSA) is 55.4 Å². The van der Waals surface area contributed by atoms with Crippen LogP contribution in [0.25, 0.3) is 0 Å². The van der Waals surface area contributed by atoms with Gasteiger partial charge in [-0.05, 0) is 30.7 Å². The minimum atomic E-state index is -0.535. The maximum atomic E-state index is 12.3. The van der Waals surface area contributed by atoms with Gasteiger partial charge in [0, 0.05) is 10.6 Å². The maximum Gasteiger partial charge on any atom is 0.337 e. The first-order valence-corrected chi connectivity index (χ1v) is 7.14. The fourth-order valence-corrected chi connectivity index (χ4v) is 2.30. The molecular formula is C17H16ClNO3. The van der Waals surface area contributed by atoms with Crippen LogP contribution in [-0.2, 0) is 4.74 Å². The number of ether oxygens (including phenoxy) is 1. The van der Waals surface area contributed by atoms with Crippen LogP contribution in [0.15, 0.2) is 48.5 Å². The van der Waals surface area contributed by atoms with E-state index < -0.39 is 5.97 Å². The van der Waals surface area contributed by atoms with E-state index in [1.54, 1.807) is 0 Å². The van der Waals surface area contributed by atoms with Crippen molar-refractivity contribution in [2.24, 2.45) is 0 Å². The van der Waals surface area contributed by atoms with Crippen molar-refractivity contribution in [1.29, 1.82) is 0 Å². The Kier molecular flexibility index (Phi) is 5.17. The summed E-state index contributed by atoms with van der Waals surface area (Å²) in [6, 6.07) is 13.9. The summed E-state index contributed by atoms with van der Waals surface area (Å²) >= 11 is 5.96. The summed E-state index contributed by atoms with van der Waals surface area (Å²) in [4.78, 5) is 23.9. The monoisotopic (exact) mass is 317 g/mol. The second-order valence-corrected chi connectivity index (χ2v) is 5.26. The van der Waals surface area contributed by atoms with Gasteiger partial charge in [-0.15, -0.1) is 0 Å². The van der Waals surface area contributed by atoms with E-state index in [9.17, 15) is 9.59 Å². The number of methoxy groups -OCH3 is 1. The van der Waals surface area contributed by atoms with Gasteiger partial charge in [-0.1, -0.05) is 41.9 Å². The lowest BCUT2D eigenvalue weighted by Crippen LogP contribution is -2.26. The SMILES string of the molecule is COC(=O)c1cc(Cl)cc(C(=O)N[C@H](C)c2ccccc2)c1. The van der Waals surface area contributed by atoms with Crippen molar-refractivity contribution in [2.75, 3.05) is 7.11 Å². The fraction of sp³-hybridized carbons (Fsp3) is 0.176. The molecular weight excluding hydrogens is 302 g/mol. The molecule has 5 heteroatoms. The smallest absolute Gasteiger partial charge is 0.337 e. The molecule has 0 bridgehead atoms. The molecule has 0 radical (unpaired) electrons. The van der Waals surface area contributed by atoms with Gasteiger partial charge >= 0.3 is 5.97 Å². The highest BCUT2D eigenvalue weighted by Crippen LogP contribution is 2.18. The second kappa shape index (κ2) is 7.09. The molecule has 114 valence electrons. The summed E-state index contributed by atoms with van der Waals surface area (Å²) in [6.07, 6.45) is 0. The minimum Gasteiger partial charge on any atom is -0.465 e. The Balaban J connectivity index is 2.19. The molecule has 0 aliphatic carbocycles. The van der Waals surface area contributed by atoms with E-state index in [0.29, 0.717) is 10.6 Å². The third-order valence-electron chi connectivity index (χ3n) is 3.23. The molecule has 2 aromatic carbocycles. The molecule has 0 aromatic heterocycles. The van der Waals surface area contributed by atoms with E-state index in [1.165, 1.54) is 25.3 Å². The molecule has 1 N–H and O–H groups in total. The minimum absolute atomic E-state index is 0.158. The van der Waals surface area contributed by atoms with Crippen molar-refractivity contribution in [3.05, 3.63) is 70.2 Å². The van der Waals surface area contributed by atoms with Crippen molar-refractivity contribution >= 4 is 23.5 Å². The first kappa shape index (κ1) is 16.0. The fourth-order valence-electron chi connectivity index (χ4n) is 2.06. The average Bonchev–Trinajstić information content (AvgIpc) is 2.54. The highest BCUT2D eigenvalue weighted by atomic mass is 35.5. The standard InChI is InChI=1S/C17H16ClNO3/c1-11(12-6-4-3-5-7-12)19-16(20)13-8-14(17(21)22-2)10-15(18)9-13/h3-11H,1-2H3,(H,19,20)/t11-/m1/s1. The summed E-state index contributed by atoms with van der Waals surface area (Å²) in [5.41, 5.74) is 1.55. The van der Waals surface area contributed by atoms with Gasteiger partial charge in [0.25, 0.3) is 5.91 Å². The van der Waals surface area contributed by atoms with Gasteiger partial charge in [0.15, 0.2) is 0 Å². The Hall–Kier alpha value is -2.33. The molecule has 2 rings (SSSR count). The Morgan fingerprint density at radius 1 is 1.09 bits per heavy atom. The number of esters is 1. The van der Waals surface area contributed by atoms with Crippen LogP contribution in [-0.4, -0.2) is 19.0 Å². The van der Waals surface area contributed by atoms with Gasteiger partial charge in [-0.25, -0.2) is 4.79 Å². The van der Waals surface area contributed by atoms with E-state index in [-0.39, 0.29) is 17.5 Å². The quantitative estimate of drug-likeness (QED) is 0.876. The van der Waals surface area contributed by atoms with Crippen LogP contribution < -0.4 is 5.32 Å². The maximum absolute atomic E-state index is 12.3. The molecule has 0 aliphatic rings. The Bertz CT molecular complexity index is 686. The molecule has 0 saturated heterocycles. The van der Waals surface area contributed by atoms with E-state index >= 15 is 0 Å². The van der Waals surface area contributed by atoms with Crippen LogP contribution in [0.2, 0.25) is 5.02 Å². The van der Waals surface area contributed by atoms with Gasteiger partial charge in [0.1, 0.15) is 0 Å². The number of halogens is 1. The number of hydrogen-bond acceptors (Lipinski definition) is 3. The van der Waals surface area contributed by atoms with Gasteiger partial charge in [0.05, 0.1) is 18.7 Å². The average molecular weight is 318 g/mol. The molecule has 0 unspecified atom stereocenters. The highest BCUT2D eigenvalue weighted by Gasteiger charge is 2.15. The predicted octanol–water partition coefficient (Wildman–Crippen LogP) is 3.62. The summed E-state index contributed by atoms with van der Waals surface area (Å²) in [5, 5.41) is 3.18. The zero-order valence-electron chi connectivity index (χ0n) is 12.3.